The first-order chi connectivity index (χ1) is 13.0. The Hall–Kier alpha value is -2.67. The molecule has 1 amide bonds. The van der Waals surface area contributed by atoms with Crippen molar-refractivity contribution in [3.05, 3.63) is 47.8 Å². The summed E-state index contributed by atoms with van der Waals surface area (Å²) in [4.78, 5) is 28.0. The number of piperazine rings is 1. The third-order valence-electron chi connectivity index (χ3n) is 4.60. The summed E-state index contributed by atoms with van der Waals surface area (Å²) in [6, 6.07) is 12.2. The van der Waals surface area contributed by atoms with Crippen molar-refractivity contribution in [3.8, 4) is 0 Å². The lowest BCUT2D eigenvalue weighted by Gasteiger charge is -2.36. The van der Waals surface area contributed by atoms with Crippen molar-refractivity contribution in [3.63, 3.8) is 0 Å². The van der Waals surface area contributed by atoms with Gasteiger partial charge in [-0.15, -0.1) is 0 Å². The third-order valence-corrected chi connectivity index (χ3v) is 4.60. The molecule has 7 nitrogen and oxygen atoms in total. The number of aromatic nitrogens is 2. The van der Waals surface area contributed by atoms with Crippen molar-refractivity contribution in [2.45, 2.75) is 6.92 Å². The molecule has 1 aromatic carbocycles. The van der Waals surface area contributed by atoms with Crippen LogP contribution in [0.15, 0.2) is 36.4 Å². The van der Waals surface area contributed by atoms with Crippen LogP contribution in [0.3, 0.4) is 0 Å². The van der Waals surface area contributed by atoms with E-state index in [0.29, 0.717) is 18.2 Å². The standard InChI is InChI=1S/C20H28N6O/c1-16-15-18(19(27)21-9-10-24(2)3)23-20(22-16)26-13-11-25(12-14-26)17-7-5-4-6-8-17/h4-8,15H,9-14H2,1-3H3,(H,21,27). The molecule has 0 radical (unpaired) electrons. The van der Waals surface area contributed by atoms with Crippen molar-refractivity contribution in [2.75, 3.05) is 63.2 Å². The lowest BCUT2D eigenvalue weighted by atomic mass is 10.2. The number of nitrogens with one attached hydrogen (secondary N) is 1. The molecule has 0 aliphatic carbocycles. The zero-order chi connectivity index (χ0) is 19.2. The number of carbonyl (C=O) groups is 1. The number of rotatable bonds is 6. The van der Waals surface area contributed by atoms with Crippen LogP contribution in [0.25, 0.3) is 0 Å². The van der Waals surface area contributed by atoms with Crippen molar-refractivity contribution in [1.82, 2.24) is 20.2 Å². The second kappa shape index (κ2) is 8.81. The Balaban J connectivity index is 1.63. The van der Waals surface area contributed by atoms with Gasteiger partial charge in [-0.2, -0.15) is 0 Å². The number of hydrogen-bond donors (Lipinski definition) is 1. The zero-order valence-corrected chi connectivity index (χ0v) is 16.4. The van der Waals surface area contributed by atoms with Crippen LogP contribution in [-0.2, 0) is 0 Å². The number of likely N-dealkylation sites (N-methyl/N-ethyl adjacent to an activating group) is 1. The summed E-state index contributed by atoms with van der Waals surface area (Å²) in [6.45, 7) is 6.78. The summed E-state index contributed by atoms with van der Waals surface area (Å²) in [5.74, 6) is 0.493. The smallest absolute Gasteiger partial charge is 0.270 e. The molecule has 0 atom stereocenters. The average Bonchev–Trinajstić information content (AvgIpc) is 2.68. The van der Waals surface area contributed by atoms with E-state index in [-0.39, 0.29) is 5.91 Å². The third kappa shape index (κ3) is 5.17. The number of anilines is 2. The van der Waals surface area contributed by atoms with Crippen LogP contribution < -0.4 is 15.1 Å². The van der Waals surface area contributed by atoms with Gasteiger partial charge in [-0.3, -0.25) is 4.79 Å². The molecule has 27 heavy (non-hydrogen) atoms. The summed E-state index contributed by atoms with van der Waals surface area (Å²) < 4.78 is 0. The normalized spacial score (nSPS) is 14.5. The molecule has 1 aliphatic rings. The molecule has 0 saturated carbocycles. The molecule has 2 aromatic rings. The first-order valence-electron chi connectivity index (χ1n) is 9.36. The Morgan fingerprint density at radius 3 is 2.41 bits per heavy atom. The molecule has 0 spiro atoms. The van der Waals surface area contributed by atoms with E-state index in [1.165, 1.54) is 5.69 Å². The summed E-state index contributed by atoms with van der Waals surface area (Å²) >= 11 is 0. The fraction of sp³-hybridized carbons (Fsp3) is 0.450. The molecule has 144 valence electrons. The van der Waals surface area contributed by atoms with Crippen LogP contribution >= 0.6 is 0 Å². The van der Waals surface area contributed by atoms with E-state index < -0.39 is 0 Å². The van der Waals surface area contributed by atoms with Gasteiger partial charge in [-0.1, -0.05) is 18.2 Å². The molecular weight excluding hydrogens is 340 g/mol. The van der Waals surface area contributed by atoms with Gasteiger partial charge in [0.2, 0.25) is 5.95 Å². The largest absolute Gasteiger partial charge is 0.368 e. The average molecular weight is 368 g/mol. The fourth-order valence-corrected chi connectivity index (χ4v) is 3.10. The van der Waals surface area contributed by atoms with Gasteiger partial charge in [0, 0.05) is 50.6 Å². The highest BCUT2D eigenvalue weighted by Gasteiger charge is 2.21. The van der Waals surface area contributed by atoms with Gasteiger partial charge in [0.1, 0.15) is 5.69 Å². The van der Waals surface area contributed by atoms with E-state index in [9.17, 15) is 4.79 Å². The molecule has 7 heteroatoms. The Bertz CT molecular complexity index is 756. The van der Waals surface area contributed by atoms with Crippen LogP contribution in [0.4, 0.5) is 11.6 Å². The SMILES string of the molecule is Cc1cc(C(=O)NCCN(C)C)nc(N2CCN(c3ccccc3)CC2)n1. The van der Waals surface area contributed by atoms with Crippen molar-refractivity contribution >= 4 is 17.5 Å². The van der Waals surface area contributed by atoms with Gasteiger partial charge in [-0.05, 0) is 39.2 Å². The van der Waals surface area contributed by atoms with Crippen molar-refractivity contribution in [1.29, 1.82) is 0 Å². The molecule has 1 aliphatic heterocycles. The maximum Gasteiger partial charge on any atom is 0.270 e. The van der Waals surface area contributed by atoms with E-state index in [4.69, 9.17) is 0 Å². The van der Waals surface area contributed by atoms with Crippen LogP contribution in [0.2, 0.25) is 0 Å². The summed E-state index contributed by atoms with van der Waals surface area (Å²) in [5, 5.41) is 2.92. The predicted octanol–water partition coefficient (Wildman–Crippen LogP) is 1.40. The number of hydrogen-bond acceptors (Lipinski definition) is 6. The molecule has 1 fully saturated rings. The fourth-order valence-electron chi connectivity index (χ4n) is 3.10. The van der Waals surface area contributed by atoms with Crippen molar-refractivity contribution in [2.24, 2.45) is 0 Å². The van der Waals surface area contributed by atoms with Crippen LogP contribution in [0.1, 0.15) is 16.2 Å². The Labute approximate surface area is 161 Å². The molecule has 0 unspecified atom stereocenters. The Morgan fingerprint density at radius 2 is 1.74 bits per heavy atom. The lowest BCUT2D eigenvalue weighted by Crippen LogP contribution is -2.47. The summed E-state index contributed by atoms with van der Waals surface area (Å²) in [6.07, 6.45) is 0. The molecule has 3 rings (SSSR count). The number of carbonyl (C=O) groups excluding carboxylic acids is 1. The predicted molar refractivity (Wildman–Crippen MR) is 109 cm³/mol. The molecule has 2 heterocycles. The second-order valence-corrected chi connectivity index (χ2v) is 7.06. The number of para-hydroxylation sites is 1. The Morgan fingerprint density at radius 1 is 1.07 bits per heavy atom. The molecular formula is C20H28N6O. The number of amides is 1. The monoisotopic (exact) mass is 368 g/mol. The first kappa shape index (κ1) is 19.1. The minimum absolute atomic E-state index is 0.147. The molecule has 0 bridgehead atoms. The summed E-state index contributed by atoms with van der Waals surface area (Å²) in [5.41, 5.74) is 2.48. The molecule has 1 aromatic heterocycles. The molecule has 1 saturated heterocycles. The highest BCUT2D eigenvalue weighted by molar-refractivity contribution is 5.92. The second-order valence-electron chi connectivity index (χ2n) is 7.06. The van der Waals surface area contributed by atoms with E-state index in [1.807, 2.05) is 32.0 Å². The maximum atomic E-state index is 12.4. The van der Waals surface area contributed by atoms with Gasteiger partial charge in [-0.25, -0.2) is 9.97 Å². The Kier molecular flexibility index (Phi) is 6.24. The maximum absolute atomic E-state index is 12.4. The number of aryl methyl sites for hydroxylation is 1. The van der Waals surface area contributed by atoms with Gasteiger partial charge < -0.3 is 20.0 Å². The van der Waals surface area contributed by atoms with E-state index >= 15 is 0 Å². The van der Waals surface area contributed by atoms with Crippen molar-refractivity contribution < 1.29 is 4.79 Å². The lowest BCUT2D eigenvalue weighted by molar-refractivity contribution is 0.0946. The minimum Gasteiger partial charge on any atom is -0.368 e. The number of nitrogens with zero attached hydrogens (tertiary/aromatic N) is 5. The quantitative estimate of drug-likeness (QED) is 0.832. The highest BCUT2D eigenvalue weighted by Crippen LogP contribution is 2.18. The topological polar surface area (TPSA) is 64.6 Å². The van der Waals surface area contributed by atoms with E-state index in [2.05, 4.69) is 49.4 Å². The van der Waals surface area contributed by atoms with Crippen LogP contribution in [-0.4, -0.2) is 74.1 Å². The van der Waals surface area contributed by atoms with Crippen LogP contribution in [0.5, 0.6) is 0 Å². The van der Waals surface area contributed by atoms with Gasteiger partial charge >= 0.3 is 0 Å². The highest BCUT2D eigenvalue weighted by atomic mass is 16.1. The van der Waals surface area contributed by atoms with Gasteiger partial charge in [0.15, 0.2) is 0 Å². The van der Waals surface area contributed by atoms with Gasteiger partial charge in [0.05, 0.1) is 0 Å². The van der Waals surface area contributed by atoms with E-state index in [1.54, 1.807) is 6.07 Å². The van der Waals surface area contributed by atoms with Crippen LogP contribution in [0, 0.1) is 6.92 Å². The summed E-state index contributed by atoms with van der Waals surface area (Å²) in [7, 11) is 3.96. The molecule has 1 N–H and O–H groups in total. The van der Waals surface area contributed by atoms with Gasteiger partial charge in [0.25, 0.3) is 5.91 Å². The van der Waals surface area contributed by atoms with E-state index in [0.717, 1.165) is 38.4 Å². The first-order valence-corrected chi connectivity index (χ1v) is 9.36. The minimum atomic E-state index is -0.147. The zero-order valence-electron chi connectivity index (χ0n) is 16.4. The number of benzene rings is 1.